The fourth-order valence-corrected chi connectivity index (χ4v) is 1.32. The molecule has 0 aliphatic heterocycles. The van der Waals surface area contributed by atoms with E-state index in [4.69, 9.17) is 5.73 Å². The lowest BCUT2D eigenvalue weighted by Crippen LogP contribution is -2.32. The summed E-state index contributed by atoms with van der Waals surface area (Å²) in [7, 11) is 0. The minimum Gasteiger partial charge on any atom is -0.464 e. The molecule has 0 spiro atoms. The zero-order chi connectivity index (χ0) is 13.9. The molecule has 0 aliphatic carbocycles. The molecule has 0 amide bonds. The molecule has 2 atom stereocenters. The molecular weight excluding hydrogens is 290 g/mol. The van der Waals surface area contributed by atoms with Crippen LogP contribution in [-0.2, 0) is 9.53 Å². The van der Waals surface area contributed by atoms with Crippen LogP contribution in [0.1, 0.15) is 18.5 Å². The molecule has 3 nitrogen and oxygen atoms in total. The van der Waals surface area contributed by atoms with E-state index in [-0.39, 0.29) is 25.1 Å². The highest BCUT2D eigenvalue weighted by molar-refractivity contribution is 5.85. The van der Waals surface area contributed by atoms with Gasteiger partial charge in [0.05, 0.1) is 12.6 Å². The molecule has 0 aromatic heterocycles. The summed E-state index contributed by atoms with van der Waals surface area (Å²) in [5.41, 5.74) is 4.65. The van der Waals surface area contributed by atoms with Gasteiger partial charge in [-0.25, -0.2) is 22.4 Å². The second kappa shape index (κ2) is 7.30. The van der Waals surface area contributed by atoms with Crippen molar-refractivity contribution in [2.45, 2.75) is 19.1 Å². The lowest BCUT2D eigenvalue weighted by atomic mass is 10.0. The lowest BCUT2D eigenvalue weighted by molar-refractivity contribution is -0.149. The van der Waals surface area contributed by atoms with Gasteiger partial charge in [-0.3, -0.25) is 0 Å². The standard InChI is InChI=1S/C11H11F4NO2.ClH/c1-2-18-11(17)9(15)10(16)5-3-7(13)8(14)4-6(5)12;/h3-4,9-10H,2,16H2,1H3;1H/t9?,10-;/m0./s1. The quantitative estimate of drug-likeness (QED) is 0.528. The summed E-state index contributed by atoms with van der Waals surface area (Å²) in [6.07, 6.45) is -2.36. The van der Waals surface area contributed by atoms with Crippen LogP contribution in [0.4, 0.5) is 17.6 Å². The van der Waals surface area contributed by atoms with Gasteiger partial charge in [0.2, 0.25) is 6.17 Å². The number of nitrogens with two attached hydrogens (primary N) is 1. The van der Waals surface area contributed by atoms with Crippen molar-refractivity contribution in [1.82, 2.24) is 0 Å². The van der Waals surface area contributed by atoms with Gasteiger partial charge in [-0.15, -0.1) is 12.4 Å². The maximum Gasteiger partial charge on any atom is 0.342 e. The molecule has 0 saturated carbocycles. The number of carbonyl (C=O) groups is 1. The van der Waals surface area contributed by atoms with E-state index in [0.29, 0.717) is 6.07 Å². The van der Waals surface area contributed by atoms with Gasteiger partial charge in [0.25, 0.3) is 0 Å². The van der Waals surface area contributed by atoms with Crippen LogP contribution in [0.3, 0.4) is 0 Å². The third-order valence-corrected chi connectivity index (χ3v) is 2.23. The highest BCUT2D eigenvalue weighted by atomic mass is 35.5. The Morgan fingerprint density at radius 2 is 1.79 bits per heavy atom. The van der Waals surface area contributed by atoms with E-state index in [1.807, 2.05) is 0 Å². The number of alkyl halides is 1. The molecule has 2 N–H and O–H groups in total. The summed E-state index contributed by atoms with van der Waals surface area (Å²) in [6, 6.07) is -1.11. The second-order valence-electron chi connectivity index (χ2n) is 3.47. The third-order valence-electron chi connectivity index (χ3n) is 2.23. The average molecular weight is 302 g/mol. The number of hydrogen-bond acceptors (Lipinski definition) is 3. The first-order chi connectivity index (χ1) is 8.38. The molecule has 108 valence electrons. The van der Waals surface area contributed by atoms with Crippen molar-refractivity contribution in [2.75, 3.05) is 6.61 Å². The Bertz CT molecular complexity index is 459. The summed E-state index contributed by atoms with van der Waals surface area (Å²) in [5, 5.41) is 0. The summed E-state index contributed by atoms with van der Waals surface area (Å²) in [4.78, 5) is 11.1. The number of carbonyl (C=O) groups excluding carboxylic acids is 1. The van der Waals surface area contributed by atoms with Crippen LogP contribution in [0.15, 0.2) is 12.1 Å². The molecule has 1 unspecified atom stereocenters. The Balaban J connectivity index is 0.00000324. The van der Waals surface area contributed by atoms with Crippen molar-refractivity contribution < 1.29 is 27.1 Å². The van der Waals surface area contributed by atoms with Crippen molar-refractivity contribution in [3.63, 3.8) is 0 Å². The zero-order valence-corrected chi connectivity index (χ0v) is 10.6. The van der Waals surface area contributed by atoms with Crippen molar-refractivity contribution >= 4 is 18.4 Å². The summed E-state index contributed by atoms with van der Waals surface area (Å²) in [5.74, 6) is -5.31. The predicted octanol–water partition coefficient (Wildman–Crippen LogP) is 2.43. The van der Waals surface area contributed by atoms with E-state index in [0.717, 1.165) is 0 Å². The van der Waals surface area contributed by atoms with Crippen LogP contribution in [-0.4, -0.2) is 18.7 Å². The van der Waals surface area contributed by atoms with Crippen molar-refractivity contribution in [1.29, 1.82) is 0 Å². The molecular formula is C11H12ClF4NO2. The van der Waals surface area contributed by atoms with Crippen LogP contribution in [0, 0.1) is 17.5 Å². The molecule has 0 bridgehead atoms. The minimum absolute atomic E-state index is 0. The molecule has 1 aromatic carbocycles. The van der Waals surface area contributed by atoms with Gasteiger partial charge in [-0.1, -0.05) is 0 Å². The van der Waals surface area contributed by atoms with E-state index in [1.54, 1.807) is 0 Å². The Kier molecular flexibility index (Phi) is 6.78. The summed E-state index contributed by atoms with van der Waals surface area (Å²) in [6.45, 7) is 1.38. The van der Waals surface area contributed by atoms with E-state index >= 15 is 0 Å². The van der Waals surface area contributed by atoms with Gasteiger partial charge < -0.3 is 10.5 Å². The average Bonchev–Trinajstić information content (AvgIpc) is 2.32. The Morgan fingerprint density at radius 3 is 2.32 bits per heavy atom. The van der Waals surface area contributed by atoms with Gasteiger partial charge in [-0.05, 0) is 13.0 Å². The Labute approximate surface area is 113 Å². The first-order valence-corrected chi connectivity index (χ1v) is 5.09. The number of hydrogen-bond donors (Lipinski definition) is 1. The molecule has 19 heavy (non-hydrogen) atoms. The smallest absolute Gasteiger partial charge is 0.342 e. The van der Waals surface area contributed by atoms with Crippen LogP contribution in [0.2, 0.25) is 0 Å². The predicted molar refractivity (Wildman–Crippen MR) is 62.0 cm³/mol. The largest absolute Gasteiger partial charge is 0.464 e. The first kappa shape index (κ1) is 17.7. The van der Waals surface area contributed by atoms with E-state index in [1.165, 1.54) is 6.92 Å². The molecule has 0 aliphatic rings. The fraction of sp³-hybridized carbons (Fsp3) is 0.364. The lowest BCUT2D eigenvalue weighted by Gasteiger charge is -2.16. The Morgan fingerprint density at radius 1 is 1.26 bits per heavy atom. The highest BCUT2D eigenvalue weighted by Gasteiger charge is 2.30. The minimum atomic E-state index is -2.36. The fourth-order valence-electron chi connectivity index (χ4n) is 1.32. The van der Waals surface area contributed by atoms with Gasteiger partial charge in [0.15, 0.2) is 11.6 Å². The van der Waals surface area contributed by atoms with Crippen LogP contribution in [0.5, 0.6) is 0 Å². The van der Waals surface area contributed by atoms with Crippen molar-refractivity contribution in [3.05, 3.63) is 35.1 Å². The molecule has 0 saturated heterocycles. The normalized spacial score (nSPS) is 13.4. The third kappa shape index (κ3) is 4.07. The van der Waals surface area contributed by atoms with Crippen LogP contribution < -0.4 is 5.73 Å². The first-order valence-electron chi connectivity index (χ1n) is 5.09. The molecule has 0 radical (unpaired) electrons. The maximum absolute atomic E-state index is 13.5. The molecule has 1 aromatic rings. The highest BCUT2D eigenvalue weighted by Crippen LogP contribution is 2.23. The number of halogens is 5. The molecule has 0 heterocycles. The van der Waals surface area contributed by atoms with Gasteiger partial charge in [0, 0.05) is 11.6 Å². The Hall–Kier alpha value is -1.34. The number of rotatable bonds is 4. The topological polar surface area (TPSA) is 52.3 Å². The van der Waals surface area contributed by atoms with E-state index < -0.39 is 41.2 Å². The van der Waals surface area contributed by atoms with Gasteiger partial charge >= 0.3 is 5.97 Å². The zero-order valence-electron chi connectivity index (χ0n) is 9.83. The van der Waals surface area contributed by atoms with Gasteiger partial charge in [-0.2, -0.15) is 0 Å². The SMILES string of the molecule is CCOC(=O)C(F)[C@@H](N)c1cc(F)c(F)cc1F.Cl. The number of esters is 1. The monoisotopic (exact) mass is 301 g/mol. The van der Waals surface area contributed by atoms with E-state index in [9.17, 15) is 22.4 Å². The second-order valence-corrected chi connectivity index (χ2v) is 3.47. The number of ether oxygens (including phenoxy) is 1. The van der Waals surface area contributed by atoms with Gasteiger partial charge in [0.1, 0.15) is 5.82 Å². The van der Waals surface area contributed by atoms with Crippen LogP contribution >= 0.6 is 12.4 Å². The molecule has 1 rings (SSSR count). The molecule has 0 fully saturated rings. The van der Waals surface area contributed by atoms with E-state index in [2.05, 4.69) is 4.74 Å². The van der Waals surface area contributed by atoms with Crippen molar-refractivity contribution in [2.24, 2.45) is 5.73 Å². The summed E-state index contributed by atoms with van der Waals surface area (Å²) >= 11 is 0. The van der Waals surface area contributed by atoms with Crippen LogP contribution in [0.25, 0.3) is 0 Å². The molecule has 8 heteroatoms. The van der Waals surface area contributed by atoms with Crippen molar-refractivity contribution in [3.8, 4) is 0 Å². The number of benzene rings is 1. The maximum atomic E-state index is 13.5. The summed E-state index contributed by atoms with van der Waals surface area (Å²) < 4.78 is 56.7.